The van der Waals surface area contributed by atoms with Gasteiger partial charge in [-0.2, -0.15) is 16.8 Å². The van der Waals surface area contributed by atoms with E-state index in [0.717, 1.165) is 22.9 Å². The molecule has 3 aliphatic heterocycles. The van der Waals surface area contributed by atoms with Gasteiger partial charge < -0.3 is 43.0 Å². The number of aryl methyl sites for hydroxylation is 2. The first kappa shape index (κ1) is 57.2. The summed E-state index contributed by atoms with van der Waals surface area (Å²) in [5, 5.41) is 10.9. The molecule has 0 radical (unpaired) electrons. The first-order chi connectivity index (χ1) is 33.5. The predicted octanol–water partition coefficient (Wildman–Crippen LogP) is 6.15. The molecule has 0 aromatic heterocycles. The molecule has 390 valence electrons. The third kappa shape index (κ3) is 14.6. The number of benzene rings is 3. The Kier molecular flexibility index (Phi) is 20.1. The Hall–Kier alpha value is -3.11. The molecule has 0 saturated carbocycles. The van der Waals surface area contributed by atoms with Crippen molar-refractivity contribution < 1.29 is 82.6 Å². The molecule has 18 nitrogen and oxygen atoms in total. The highest BCUT2D eigenvalue weighted by atomic mass is 127. The number of rotatable bonds is 20. The van der Waals surface area contributed by atoms with E-state index in [9.17, 15) is 36.3 Å². The van der Waals surface area contributed by atoms with E-state index in [2.05, 4.69) is 0 Å². The fourth-order valence-corrected chi connectivity index (χ4v) is 11.5. The Morgan fingerprint density at radius 2 is 1.28 bits per heavy atom. The third-order valence-corrected chi connectivity index (χ3v) is 17.6. The van der Waals surface area contributed by atoms with Crippen molar-refractivity contribution in [2.75, 3.05) is 25.0 Å². The Bertz CT molecular complexity index is 2540. The molecular formula is C47H55Cl2IO18S3. The number of halogens is 3. The molecule has 3 heterocycles. The second-order valence-corrected chi connectivity index (χ2v) is 23.6. The van der Waals surface area contributed by atoms with Gasteiger partial charge in [-0.1, -0.05) is 90.0 Å². The molecule has 2 saturated heterocycles. The van der Waals surface area contributed by atoms with Crippen LogP contribution in [0.3, 0.4) is 0 Å². The average molecular weight is 1200 g/mol. The second kappa shape index (κ2) is 24.9. The van der Waals surface area contributed by atoms with Gasteiger partial charge in [0.25, 0.3) is 20.2 Å². The highest BCUT2D eigenvalue weighted by Gasteiger charge is 2.58. The highest BCUT2D eigenvalue weighted by molar-refractivity contribution is 14.1. The summed E-state index contributed by atoms with van der Waals surface area (Å²) in [5.41, 5.74) is -0.200. The quantitative estimate of drug-likeness (QED) is 0.0439. The lowest BCUT2D eigenvalue weighted by Gasteiger charge is -2.51. The normalized spacial score (nSPS) is 30.0. The van der Waals surface area contributed by atoms with E-state index in [0.29, 0.717) is 4.90 Å². The van der Waals surface area contributed by atoms with Crippen molar-refractivity contribution in [1.29, 1.82) is 0 Å². The lowest BCUT2D eigenvalue weighted by atomic mass is 9.88. The molecule has 3 aliphatic rings. The summed E-state index contributed by atoms with van der Waals surface area (Å²) in [7, 11) is -8.87. The summed E-state index contributed by atoms with van der Waals surface area (Å²) < 4.78 is 114. The van der Waals surface area contributed by atoms with E-state index in [1.165, 1.54) is 43.5 Å². The van der Waals surface area contributed by atoms with E-state index in [1.807, 2.05) is 22.6 Å². The van der Waals surface area contributed by atoms with E-state index < -0.39 is 145 Å². The molecule has 0 unspecified atom stereocenters. The topological polar surface area (TPSA) is 232 Å². The number of thioether (sulfide) groups is 1. The van der Waals surface area contributed by atoms with Crippen LogP contribution in [0, 0.1) is 19.8 Å². The minimum absolute atomic E-state index is 0.139. The van der Waals surface area contributed by atoms with Gasteiger partial charge in [-0.05, 0) is 70.2 Å². The van der Waals surface area contributed by atoms with Crippen LogP contribution in [0.25, 0.3) is 0 Å². The fraction of sp³-hybridized carbons (Fsp3) is 0.511. The maximum atomic E-state index is 13.7. The van der Waals surface area contributed by atoms with E-state index in [4.69, 9.17) is 69.5 Å². The van der Waals surface area contributed by atoms with Crippen LogP contribution < -0.4 is 0 Å². The SMILES string of the molecule is Cc1ccc(S(=O)(=O)OC[C@H]2O[C@@H](O[C@@H]3C=CO[C@H](COS(=O)(=O)c4ccc(C)cc4)[C@H]3OC(=O)CCl)[C@H](Sc3ccccc3)[C@@H](O[C@@H]3O[C@@H](C)[C@H](OC(=O)C(C)C)[C@@](C)(O)[C@H]3I)[C@@H]2OC(=O)CCl)cc1. The van der Waals surface area contributed by atoms with Gasteiger partial charge >= 0.3 is 17.9 Å². The molecule has 0 aliphatic carbocycles. The maximum absolute atomic E-state index is 13.7. The fourth-order valence-electron chi connectivity index (χ4n) is 7.60. The average Bonchev–Trinajstić information content (AvgIpc) is 3.33. The summed E-state index contributed by atoms with van der Waals surface area (Å²) >= 11 is 15.0. The smallest absolute Gasteiger partial charge is 0.321 e. The van der Waals surface area contributed by atoms with Crippen LogP contribution in [-0.4, -0.2) is 141 Å². The monoisotopic (exact) mass is 1200 g/mol. The van der Waals surface area contributed by atoms with Crippen molar-refractivity contribution in [2.24, 2.45) is 5.92 Å². The number of hydrogen-bond donors (Lipinski definition) is 1. The number of alkyl halides is 3. The van der Waals surface area contributed by atoms with Crippen LogP contribution in [0.2, 0.25) is 0 Å². The van der Waals surface area contributed by atoms with Crippen molar-refractivity contribution in [1.82, 2.24) is 0 Å². The second-order valence-electron chi connectivity index (χ2n) is 17.3. The number of carbonyl (C=O) groups is 3. The molecule has 71 heavy (non-hydrogen) atoms. The molecule has 24 heteroatoms. The molecule has 13 atom stereocenters. The Balaban J connectivity index is 1.42. The maximum Gasteiger partial charge on any atom is 0.321 e. The molecule has 3 aromatic carbocycles. The summed E-state index contributed by atoms with van der Waals surface area (Å²) in [5.74, 6) is -4.26. The van der Waals surface area contributed by atoms with Crippen LogP contribution in [0.4, 0.5) is 0 Å². The van der Waals surface area contributed by atoms with Crippen molar-refractivity contribution in [3.63, 3.8) is 0 Å². The first-order valence-corrected chi connectivity index (χ1v) is 28.2. The van der Waals surface area contributed by atoms with Gasteiger partial charge in [0.05, 0.1) is 43.9 Å². The third-order valence-electron chi connectivity index (χ3n) is 11.4. The molecule has 0 spiro atoms. The van der Waals surface area contributed by atoms with E-state index >= 15 is 0 Å². The lowest BCUT2D eigenvalue weighted by molar-refractivity contribution is -0.320. The molecule has 2 fully saturated rings. The van der Waals surface area contributed by atoms with Gasteiger partial charge in [-0.15, -0.1) is 35.0 Å². The zero-order chi connectivity index (χ0) is 51.8. The largest absolute Gasteiger partial charge is 0.492 e. The Morgan fingerprint density at radius 1 is 0.746 bits per heavy atom. The number of hydrogen-bond acceptors (Lipinski definition) is 19. The Labute approximate surface area is 440 Å². The van der Waals surface area contributed by atoms with Crippen LogP contribution in [0.1, 0.15) is 38.8 Å². The van der Waals surface area contributed by atoms with Crippen molar-refractivity contribution >= 4 is 95.7 Å². The number of esters is 3. The molecule has 6 rings (SSSR count). The minimum Gasteiger partial charge on any atom is -0.492 e. The number of carbonyl (C=O) groups excluding carboxylic acids is 3. The molecule has 0 amide bonds. The van der Waals surface area contributed by atoms with E-state index in [-0.39, 0.29) is 9.79 Å². The van der Waals surface area contributed by atoms with Gasteiger partial charge in [0.2, 0.25) is 0 Å². The van der Waals surface area contributed by atoms with Gasteiger partial charge in [0.1, 0.15) is 42.3 Å². The van der Waals surface area contributed by atoms with Crippen LogP contribution in [-0.2, 0) is 80.9 Å². The lowest BCUT2D eigenvalue weighted by Crippen LogP contribution is -2.67. The number of ether oxygens (including phenoxy) is 8. The summed E-state index contributed by atoms with van der Waals surface area (Å²) in [6, 6.07) is 20.6. The summed E-state index contributed by atoms with van der Waals surface area (Å²) in [4.78, 5) is 39.4. The predicted molar refractivity (Wildman–Crippen MR) is 266 cm³/mol. The van der Waals surface area contributed by atoms with Crippen molar-refractivity contribution in [3.8, 4) is 0 Å². The highest BCUT2D eigenvalue weighted by Crippen LogP contribution is 2.44. The van der Waals surface area contributed by atoms with Gasteiger partial charge in [-0.3, -0.25) is 22.7 Å². The summed E-state index contributed by atoms with van der Waals surface area (Å²) in [6.45, 7) is 8.43. The van der Waals surface area contributed by atoms with Crippen LogP contribution in [0.15, 0.2) is 106 Å². The van der Waals surface area contributed by atoms with Crippen LogP contribution in [0.5, 0.6) is 0 Å². The standard InChI is InChI=1S/C47H55Cl2IO18S3/c1-26(2)44(53)68-43-29(5)62-46(42(50)47(43,6)54)67-40-39(66-37(52)23-49)35(25-61-71(57,58)32-18-14-28(4)15-19-32)64-45(41(40)69-30-10-8-7-9-11-30)63-33-20-21-59-34(38(33)65-36(51)22-48)24-60-70(55,56)31-16-12-27(3)13-17-31/h7-21,26,29,33-35,38-43,45-46,54H,22-25H2,1-6H3/t29-,33+,34+,35+,38-,39+,40-,41+,42-,43-,45+,46-,47-/m0/s1. The van der Waals surface area contributed by atoms with Crippen molar-refractivity contribution in [2.45, 2.75) is 132 Å². The van der Waals surface area contributed by atoms with Crippen LogP contribution >= 0.6 is 57.6 Å². The van der Waals surface area contributed by atoms with Crippen molar-refractivity contribution in [3.05, 3.63) is 102 Å². The minimum atomic E-state index is -4.51. The molecule has 3 aromatic rings. The molecule has 1 N–H and O–H groups in total. The van der Waals surface area contributed by atoms with Gasteiger partial charge in [0.15, 0.2) is 37.0 Å². The van der Waals surface area contributed by atoms with E-state index in [1.54, 1.807) is 89.2 Å². The summed E-state index contributed by atoms with van der Waals surface area (Å²) in [6.07, 6.45) is -11.1. The van der Waals surface area contributed by atoms with Gasteiger partial charge in [-0.25, -0.2) is 0 Å². The first-order valence-electron chi connectivity index (χ1n) is 22.2. The zero-order valence-electron chi connectivity index (χ0n) is 39.2. The molecular weight excluding hydrogens is 1150 g/mol. The zero-order valence-corrected chi connectivity index (χ0v) is 45.4. The Morgan fingerprint density at radius 3 is 1.82 bits per heavy atom. The van der Waals surface area contributed by atoms with Gasteiger partial charge in [0, 0.05) is 4.90 Å². The molecule has 0 bridgehead atoms. The number of aliphatic hydroxyl groups is 1.